The molecule has 0 aliphatic rings. The van der Waals surface area contributed by atoms with Crippen LogP contribution in [0.4, 0.5) is 5.00 Å². The summed E-state index contributed by atoms with van der Waals surface area (Å²) in [5.41, 5.74) is 0.474. The number of anilines is 1. The Hall–Kier alpha value is -1.63. The summed E-state index contributed by atoms with van der Waals surface area (Å²) in [6, 6.07) is 3.70. The SMILES string of the molecule is CC(C)Oc1nnc(SCC(=O)Nc2sccc2C#N)s1. The Kier molecular flexibility index (Phi) is 5.55. The third-order valence-corrected chi connectivity index (χ3v) is 4.87. The van der Waals surface area contributed by atoms with E-state index in [9.17, 15) is 4.79 Å². The summed E-state index contributed by atoms with van der Waals surface area (Å²) in [6.07, 6.45) is 0.0438. The maximum Gasteiger partial charge on any atom is 0.295 e. The molecule has 110 valence electrons. The van der Waals surface area contributed by atoms with Crippen molar-refractivity contribution in [2.75, 3.05) is 11.1 Å². The zero-order chi connectivity index (χ0) is 15.2. The second-order valence-electron chi connectivity index (χ2n) is 4.11. The molecule has 0 aliphatic carbocycles. The molecule has 2 heterocycles. The highest BCUT2D eigenvalue weighted by atomic mass is 32.2. The predicted octanol–water partition coefficient (Wildman–Crippen LogP) is 2.99. The Labute approximate surface area is 134 Å². The van der Waals surface area contributed by atoms with Crippen LogP contribution in [-0.4, -0.2) is 28.0 Å². The number of nitrogens with zero attached hydrogens (tertiary/aromatic N) is 3. The number of amides is 1. The number of rotatable bonds is 6. The van der Waals surface area contributed by atoms with Crippen molar-refractivity contribution in [3.05, 3.63) is 17.0 Å². The molecule has 9 heteroatoms. The Morgan fingerprint density at radius 3 is 3.10 bits per heavy atom. The van der Waals surface area contributed by atoms with Gasteiger partial charge in [-0.2, -0.15) is 5.26 Å². The van der Waals surface area contributed by atoms with Crippen LogP contribution in [-0.2, 0) is 4.79 Å². The van der Waals surface area contributed by atoms with E-state index in [2.05, 4.69) is 15.5 Å². The summed E-state index contributed by atoms with van der Waals surface area (Å²) in [7, 11) is 0. The molecule has 0 aliphatic heterocycles. The van der Waals surface area contributed by atoms with Gasteiger partial charge >= 0.3 is 0 Å². The molecule has 0 saturated heterocycles. The van der Waals surface area contributed by atoms with Gasteiger partial charge in [-0.25, -0.2) is 0 Å². The quantitative estimate of drug-likeness (QED) is 0.813. The first kappa shape index (κ1) is 15.8. The average Bonchev–Trinajstić information content (AvgIpc) is 3.05. The van der Waals surface area contributed by atoms with Crippen LogP contribution < -0.4 is 10.1 Å². The van der Waals surface area contributed by atoms with Crippen LogP contribution in [0.2, 0.25) is 0 Å². The maximum atomic E-state index is 11.8. The highest BCUT2D eigenvalue weighted by Crippen LogP contribution is 2.28. The number of nitriles is 1. The molecular formula is C12H12N4O2S3. The molecular weight excluding hydrogens is 328 g/mol. The van der Waals surface area contributed by atoms with Crippen LogP contribution in [0.5, 0.6) is 5.19 Å². The minimum atomic E-state index is -0.180. The first-order chi connectivity index (χ1) is 10.1. The number of carbonyl (C=O) groups excluding carboxylic acids is 1. The van der Waals surface area contributed by atoms with E-state index in [0.717, 1.165) is 0 Å². The molecule has 0 aromatic carbocycles. The van der Waals surface area contributed by atoms with Crippen molar-refractivity contribution in [3.8, 4) is 11.3 Å². The van der Waals surface area contributed by atoms with Crippen molar-refractivity contribution in [3.63, 3.8) is 0 Å². The molecule has 0 atom stereocenters. The number of aromatic nitrogens is 2. The van der Waals surface area contributed by atoms with Crippen molar-refractivity contribution in [2.45, 2.75) is 24.3 Å². The lowest BCUT2D eigenvalue weighted by atomic mass is 10.3. The summed E-state index contributed by atoms with van der Waals surface area (Å²) >= 11 is 3.92. The van der Waals surface area contributed by atoms with Crippen molar-refractivity contribution in [1.29, 1.82) is 5.26 Å². The smallest absolute Gasteiger partial charge is 0.295 e. The lowest BCUT2D eigenvalue weighted by Gasteiger charge is -2.03. The monoisotopic (exact) mass is 340 g/mol. The Balaban J connectivity index is 1.84. The van der Waals surface area contributed by atoms with E-state index >= 15 is 0 Å². The summed E-state index contributed by atoms with van der Waals surface area (Å²) in [4.78, 5) is 11.8. The minimum absolute atomic E-state index is 0.0438. The molecule has 0 bridgehead atoms. The normalized spacial score (nSPS) is 10.4. The summed E-state index contributed by atoms with van der Waals surface area (Å²) in [5, 5.41) is 22.3. The van der Waals surface area contributed by atoms with E-state index in [4.69, 9.17) is 10.00 Å². The van der Waals surface area contributed by atoms with Crippen molar-refractivity contribution in [1.82, 2.24) is 10.2 Å². The van der Waals surface area contributed by atoms with Gasteiger partial charge in [-0.05, 0) is 36.6 Å². The van der Waals surface area contributed by atoms with E-state index in [1.165, 1.54) is 34.4 Å². The predicted molar refractivity (Wildman–Crippen MR) is 84.1 cm³/mol. The van der Waals surface area contributed by atoms with Crippen LogP contribution in [0.3, 0.4) is 0 Å². The van der Waals surface area contributed by atoms with Gasteiger partial charge in [-0.1, -0.05) is 16.9 Å². The Bertz CT molecular complexity index is 660. The van der Waals surface area contributed by atoms with Gasteiger partial charge in [0.05, 0.1) is 17.4 Å². The number of thioether (sulfide) groups is 1. The number of carbonyl (C=O) groups is 1. The number of nitrogens with one attached hydrogen (secondary N) is 1. The topological polar surface area (TPSA) is 87.9 Å². The van der Waals surface area contributed by atoms with Gasteiger partial charge < -0.3 is 10.1 Å². The fourth-order valence-electron chi connectivity index (χ4n) is 1.29. The first-order valence-electron chi connectivity index (χ1n) is 5.99. The summed E-state index contributed by atoms with van der Waals surface area (Å²) in [6.45, 7) is 3.82. The van der Waals surface area contributed by atoms with Crippen molar-refractivity contribution >= 4 is 45.3 Å². The average molecular weight is 340 g/mol. The zero-order valence-electron chi connectivity index (χ0n) is 11.3. The van der Waals surface area contributed by atoms with Crippen molar-refractivity contribution < 1.29 is 9.53 Å². The highest BCUT2D eigenvalue weighted by Gasteiger charge is 2.12. The molecule has 0 fully saturated rings. The van der Waals surface area contributed by atoms with Crippen molar-refractivity contribution in [2.24, 2.45) is 0 Å². The number of ether oxygens (including phenoxy) is 1. The van der Waals surface area contributed by atoms with Crippen LogP contribution in [0, 0.1) is 11.3 Å². The van der Waals surface area contributed by atoms with Gasteiger partial charge in [0, 0.05) is 0 Å². The van der Waals surface area contributed by atoms with Gasteiger partial charge in [-0.3, -0.25) is 4.79 Å². The molecule has 1 amide bonds. The van der Waals surface area contributed by atoms with E-state index < -0.39 is 0 Å². The lowest BCUT2D eigenvalue weighted by Crippen LogP contribution is -2.13. The largest absolute Gasteiger partial charge is 0.466 e. The molecule has 0 spiro atoms. The fourth-order valence-corrected chi connectivity index (χ4v) is 3.65. The maximum absolute atomic E-state index is 11.8. The molecule has 2 rings (SSSR count). The molecule has 1 N–H and O–H groups in total. The molecule has 2 aromatic rings. The third-order valence-electron chi connectivity index (χ3n) is 2.09. The molecule has 0 unspecified atom stereocenters. The zero-order valence-corrected chi connectivity index (χ0v) is 13.8. The van der Waals surface area contributed by atoms with Gasteiger partial charge in [-0.15, -0.1) is 16.4 Å². The lowest BCUT2D eigenvalue weighted by molar-refractivity contribution is -0.113. The minimum Gasteiger partial charge on any atom is -0.466 e. The number of thiophene rings is 1. The second kappa shape index (κ2) is 7.40. The fraction of sp³-hybridized carbons (Fsp3) is 0.333. The van der Waals surface area contributed by atoms with Gasteiger partial charge in [0.2, 0.25) is 5.91 Å². The summed E-state index contributed by atoms with van der Waals surface area (Å²) in [5.74, 6) is 0.0273. The highest BCUT2D eigenvalue weighted by molar-refractivity contribution is 8.01. The first-order valence-corrected chi connectivity index (χ1v) is 8.67. The Morgan fingerprint density at radius 2 is 2.38 bits per heavy atom. The third kappa shape index (κ3) is 4.70. The summed E-state index contributed by atoms with van der Waals surface area (Å²) < 4.78 is 6.09. The molecule has 21 heavy (non-hydrogen) atoms. The van der Waals surface area contributed by atoms with E-state index in [-0.39, 0.29) is 17.8 Å². The van der Waals surface area contributed by atoms with Gasteiger partial charge in [0.25, 0.3) is 5.19 Å². The number of hydrogen-bond acceptors (Lipinski definition) is 8. The second-order valence-corrected chi connectivity index (χ2v) is 7.19. The van der Waals surface area contributed by atoms with E-state index in [0.29, 0.717) is 20.1 Å². The Morgan fingerprint density at radius 1 is 1.57 bits per heavy atom. The van der Waals surface area contributed by atoms with Gasteiger partial charge in [0.15, 0.2) is 4.34 Å². The van der Waals surface area contributed by atoms with Crippen LogP contribution >= 0.6 is 34.4 Å². The van der Waals surface area contributed by atoms with Crippen LogP contribution in [0.25, 0.3) is 0 Å². The van der Waals surface area contributed by atoms with E-state index in [1.807, 2.05) is 19.9 Å². The number of hydrogen-bond donors (Lipinski definition) is 1. The van der Waals surface area contributed by atoms with Gasteiger partial charge in [0.1, 0.15) is 11.1 Å². The molecule has 6 nitrogen and oxygen atoms in total. The standard InChI is InChI=1S/C12H12N4O2S3/c1-7(2)18-11-15-16-12(21-11)20-6-9(17)14-10-8(5-13)3-4-19-10/h3-4,7H,6H2,1-2H3,(H,14,17). The van der Waals surface area contributed by atoms with Crippen LogP contribution in [0.1, 0.15) is 19.4 Å². The molecule has 2 aromatic heterocycles. The van der Waals surface area contributed by atoms with Crippen LogP contribution in [0.15, 0.2) is 15.8 Å². The molecule has 0 saturated carbocycles. The molecule has 0 radical (unpaired) electrons. The van der Waals surface area contributed by atoms with E-state index in [1.54, 1.807) is 11.4 Å².